The Hall–Kier alpha value is -1.60. The van der Waals surface area contributed by atoms with Gasteiger partial charge in [0.1, 0.15) is 0 Å². The number of benzene rings is 2. The van der Waals surface area contributed by atoms with Crippen LogP contribution in [-0.4, -0.2) is 0 Å². The summed E-state index contributed by atoms with van der Waals surface area (Å²) in [5, 5.41) is 3.69. The summed E-state index contributed by atoms with van der Waals surface area (Å²) in [5.74, 6) is 0. The first kappa shape index (κ1) is 13.8. The molecule has 0 radical (unpaired) electrons. The standard InChI is InChI=1S/C18H23N/c1-2-3-14-18(17-12-8-5-9-13-17)19-15-16-10-6-4-7-11-16/h4-13,18-19H,2-3,14-15H2,1H3. The van der Waals surface area contributed by atoms with Gasteiger partial charge in [0, 0.05) is 12.6 Å². The van der Waals surface area contributed by atoms with Crippen LogP contribution in [0.15, 0.2) is 60.7 Å². The van der Waals surface area contributed by atoms with Crippen molar-refractivity contribution in [2.45, 2.75) is 38.8 Å². The highest BCUT2D eigenvalue weighted by atomic mass is 14.9. The van der Waals surface area contributed by atoms with Crippen molar-refractivity contribution in [3.8, 4) is 0 Å². The van der Waals surface area contributed by atoms with E-state index in [2.05, 4.69) is 72.9 Å². The molecule has 2 rings (SSSR count). The van der Waals surface area contributed by atoms with Gasteiger partial charge < -0.3 is 5.32 Å². The lowest BCUT2D eigenvalue weighted by atomic mass is 10.0. The second-order valence-corrected chi connectivity index (χ2v) is 4.97. The molecule has 1 unspecified atom stereocenters. The topological polar surface area (TPSA) is 12.0 Å². The van der Waals surface area contributed by atoms with E-state index in [9.17, 15) is 0 Å². The summed E-state index contributed by atoms with van der Waals surface area (Å²) < 4.78 is 0. The molecule has 0 fully saturated rings. The molecule has 1 heteroatoms. The maximum atomic E-state index is 3.69. The number of hydrogen-bond donors (Lipinski definition) is 1. The summed E-state index contributed by atoms with van der Waals surface area (Å²) >= 11 is 0. The van der Waals surface area contributed by atoms with E-state index in [4.69, 9.17) is 0 Å². The molecule has 2 aromatic carbocycles. The Labute approximate surface area is 116 Å². The number of nitrogens with one attached hydrogen (secondary N) is 1. The summed E-state index contributed by atoms with van der Waals surface area (Å²) in [7, 11) is 0. The average Bonchev–Trinajstić information content (AvgIpc) is 2.49. The van der Waals surface area contributed by atoms with Gasteiger partial charge in [-0.25, -0.2) is 0 Å². The Morgan fingerprint density at radius 1 is 0.895 bits per heavy atom. The van der Waals surface area contributed by atoms with Crippen LogP contribution in [0.5, 0.6) is 0 Å². The molecular weight excluding hydrogens is 230 g/mol. The highest BCUT2D eigenvalue weighted by Gasteiger charge is 2.09. The first-order chi connectivity index (χ1) is 9.40. The third kappa shape index (κ3) is 4.53. The highest BCUT2D eigenvalue weighted by Crippen LogP contribution is 2.19. The van der Waals surface area contributed by atoms with Gasteiger partial charge in [0.05, 0.1) is 0 Å². The van der Waals surface area contributed by atoms with Crippen molar-refractivity contribution < 1.29 is 0 Å². The van der Waals surface area contributed by atoms with Crippen LogP contribution >= 0.6 is 0 Å². The van der Waals surface area contributed by atoms with Gasteiger partial charge in [0.15, 0.2) is 0 Å². The van der Waals surface area contributed by atoms with E-state index in [1.807, 2.05) is 0 Å². The van der Waals surface area contributed by atoms with Gasteiger partial charge in [-0.05, 0) is 17.5 Å². The Kier molecular flexibility index (Phi) is 5.64. The summed E-state index contributed by atoms with van der Waals surface area (Å²) in [6, 6.07) is 21.8. The molecule has 100 valence electrons. The smallest absolute Gasteiger partial charge is 0.0323 e. The van der Waals surface area contributed by atoms with Crippen molar-refractivity contribution in [3.05, 3.63) is 71.8 Å². The normalized spacial score (nSPS) is 12.3. The quantitative estimate of drug-likeness (QED) is 0.753. The first-order valence-corrected chi connectivity index (χ1v) is 7.22. The van der Waals surface area contributed by atoms with E-state index in [-0.39, 0.29) is 0 Å². The van der Waals surface area contributed by atoms with Crippen molar-refractivity contribution in [2.75, 3.05) is 0 Å². The number of rotatable bonds is 7. The Bertz CT molecular complexity index is 450. The zero-order valence-electron chi connectivity index (χ0n) is 11.7. The number of unbranched alkanes of at least 4 members (excludes halogenated alkanes) is 1. The molecule has 0 aromatic heterocycles. The van der Waals surface area contributed by atoms with E-state index in [1.54, 1.807) is 0 Å². The summed E-state index contributed by atoms with van der Waals surface area (Å²) in [5.41, 5.74) is 2.74. The van der Waals surface area contributed by atoms with Crippen LogP contribution in [0.4, 0.5) is 0 Å². The van der Waals surface area contributed by atoms with Crippen molar-refractivity contribution in [1.82, 2.24) is 5.32 Å². The third-order valence-corrected chi connectivity index (χ3v) is 3.44. The van der Waals surface area contributed by atoms with Crippen LogP contribution in [0.2, 0.25) is 0 Å². The minimum atomic E-state index is 0.460. The lowest BCUT2D eigenvalue weighted by molar-refractivity contribution is 0.480. The Balaban J connectivity index is 1.98. The van der Waals surface area contributed by atoms with E-state index in [0.717, 1.165) is 6.54 Å². The van der Waals surface area contributed by atoms with Gasteiger partial charge in [-0.15, -0.1) is 0 Å². The number of hydrogen-bond acceptors (Lipinski definition) is 1. The van der Waals surface area contributed by atoms with Gasteiger partial charge in [0.2, 0.25) is 0 Å². The lowest BCUT2D eigenvalue weighted by Crippen LogP contribution is -2.20. The van der Waals surface area contributed by atoms with Crippen LogP contribution in [-0.2, 0) is 6.54 Å². The molecule has 0 bridgehead atoms. The zero-order valence-corrected chi connectivity index (χ0v) is 11.7. The van der Waals surface area contributed by atoms with Crippen molar-refractivity contribution in [3.63, 3.8) is 0 Å². The first-order valence-electron chi connectivity index (χ1n) is 7.22. The average molecular weight is 253 g/mol. The van der Waals surface area contributed by atoms with Crippen LogP contribution in [0.25, 0.3) is 0 Å². The molecular formula is C18H23N. The van der Waals surface area contributed by atoms with E-state index < -0.39 is 0 Å². The van der Waals surface area contributed by atoms with Gasteiger partial charge in [-0.2, -0.15) is 0 Å². The van der Waals surface area contributed by atoms with Gasteiger partial charge in [-0.1, -0.05) is 80.4 Å². The molecule has 0 amide bonds. The summed E-state index contributed by atoms with van der Waals surface area (Å²) in [6.07, 6.45) is 3.71. The van der Waals surface area contributed by atoms with Crippen molar-refractivity contribution >= 4 is 0 Å². The maximum absolute atomic E-state index is 3.69. The molecule has 0 aliphatic rings. The molecule has 2 aromatic rings. The summed E-state index contributed by atoms with van der Waals surface area (Å²) in [6.45, 7) is 3.18. The SMILES string of the molecule is CCCCC(NCc1ccccc1)c1ccccc1. The predicted octanol–water partition coefficient (Wildman–Crippen LogP) is 4.71. The molecule has 1 N–H and O–H groups in total. The molecule has 0 heterocycles. The fourth-order valence-electron chi connectivity index (χ4n) is 2.32. The Morgan fingerprint density at radius 3 is 2.16 bits per heavy atom. The molecule has 0 aliphatic carbocycles. The molecule has 0 aliphatic heterocycles. The fourth-order valence-corrected chi connectivity index (χ4v) is 2.32. The Morgan fingerprint density at radius 2 is 1.53 bits per heavy atom. The van der Waals surface area contributed by atoms with E-state index in [1.165, 1.54) is 30.4 Å². The molecule has 1 atom stereocenters. The zero-order chi connectivity index (χ0) is 13.3. The van der Waals surface area contributed by atoms with Gasteiger partial charge in [0.25, 0.3) is 0 Å². The lowest BCUT2D eigenvalue weighted by Gasteiger charge is -2.19. The minimum Gasteiger partial charge on any atom is -0.306 e. The molecule has 19 heavy (non-hydrogen) atoms. The monoisotopic (exact) mass is 253 g/mol. The van der Waals surface area contributed by atoms with E-state index >= 15 is 0 Å². The predicted molar refractivity (Wildman–Crippen MR) is 82.0 cm³/mol. The van der Waals surface area contributed by atoms with Crippen LogP contribution in [0, 0.1) is 0 Å². The summed E-state index contributed by atoms with van der Waals surface area (Å²) in [4.78, 5) is 0. The molecule has 1 nitrogen and oxygen atoms in total. The van der Waals surface area contributed by atoms with Crippen LogP contribution in [0.3, 0.4) is 0 Å². The molecule has 0 spiro atoms. The minimum absolute atomic E-state index is 0.460. The highest BCUT2D eigenvalue weighted by molar-refractivity contribution is 5.20. The van der Waals surface area contributed by atoms with Crippen LogP contribution in [0.1, 0.15) is 43.4 Å². The van der Waals surface area contributed by atoms with E-state index in [0.29, 0.717) is 6.04 Å². The maximum Gasteiger partial charge on any atom is 0.0323 e. The van der Waals surface area contributed by atoms with Crippen molar-refractivity contribution in [2.24, 2.45) is 0 Å². The fraction of sp³-hybridized carbons (Fsp3) is 0.333. The van der Waals surface area contributed by atoms with Gasteiger partial charge >= 0.3 is 0 Å². The molecule has 0 saturated carbocycles. The van der Waals surface area contributed by atoms with Gasteiger partial charge in [-0.3, -0.25) is 0 Å². The second-order valence-electron chi connectivity index (χ2n) is 4.97. The van der Waals surface area contributed by atoms with Crippen LogP contribution < -0.4 is 5.32 Å². The largest absolute Gasteiger partial charge is 0.306 e. The third-order valence-electron chi connectivity index (χ3n) is 3.44. The van der Waals surface area contributed by atoms with Crippen molar-refractivity contribution in [1.29, 1.82) is 0 Å². The molecule has 0 saturated heterocycles. The second kappa shape index (κ2) is 7.75.